The number of aromatic amines is 1. The summed E-state index contributed by atoms with van der Waals surface area (Å²) in [5.74, 6) is -2.13. The van der Waals surface area contributed by atoms with Gasteiger partial charge in [0.2, 0.25) is 5.95 Å². The summed E-state index contributed by atoms with van der Waals surface area (Å²) in [5.41, 5.74) is 28.4. The maximum atomic E-state index is 13.1. The Morgan fingerprint density at radius 1 is 0.612 bits per heavy atom. The van der Waals surface area contributed by atoms with Crippen LogP contribution in [-0.2, 0) is 14.1 Å². The summed E-state index contributed by atoms with van der Waals surface area (Å²) in [4.78, 5) is 49.8. The minimum atomic E-state index is -0.581. The molecule has 0 radical (unpaired) electrons. The van der Waals surface area contributed by atoms with Crippen LogP contribution in [0.4, 0.5) is 4.39 Å². The molecule has 3 aromatic carbocycles. The van der Waals surface area contributed by atoms with E-state index in [0.29, 0.717) is 55.6 Å². The average Bonchev–Trinajstić information content (AvgIpc) is 3.90. The highest BCUT2D eigenvalue weighted by atomic mass is 35.5. The Labute approximate surface area is 387 Å². The number of aromatic nitrogens is 6. The summed E-state index contributed by atoms with van der Waals surface area (Å²) in [7, 11) is 3.52. The Morgan fingerprint density at radius 3 is 1.49 bits per heavy atom. The number of carbonyl (C=O) groups is 3. The second-order valence-corrected chi connectivity index (χ2v) is 15.8. The number of nitrogens with two attached hydrogens (primary N) is 3. The number of nitrogens with one attached hydrogen (secondary N) is 1. The fraction of sp³-hybridized carbons (Fsp3) is 0.100. The third-order valence-electron chi connectivity index (χ3n) is 11.4. The highest BCUT2D eigenvalue weighted by Gasteiger charge is 2.22. The number of hydrogen-bond donors (Lipinski definition) is 4. The molecule has 0 aliphatic carbocycles. The van der Waals surface area contributed by atoms with Gasteiger partial charge in [-0.15, -0.1) is 0 Å². The van der Waals surface area contributed by atoms with Crippen molar-refractivity contribution in [1.29, 1.82) is 15.8 Å². The lowest BCUT2D eigenvalue weighted by molar-refractivity contribution is 0.0984. The van der Waals surface area contributed by atoms with Gasteiger partial charge in [-0.2, -0.15) is 20.2 Å². The van der Waals surface area contributed by atoms with Crippen molar-refractivity contribution in [1.82, 2.24) is 29.1 Å². The van der Waals surface area contributed by atoms with Gasteiger partial charge in [-0.25, -0.2) is 9.97 Å². The largest absolute Gasteiger partial charge is 0.364 e. The van der Waals surface area contributed by atoms with E-state index in [1.54, 1.807) is 97.3 Å². The first kappa shape index (κ1) is 45.8. The molecule has 67 heavy (non-hydrogen) atoms. The van der Waals surface area contributed by atoms with Crippen molar-refractivity contribution < 1.29 is 18.8 Å². The van der Waals surface area contributed by atoms with E-state index in [2.05, 4.69) is 38.1 Å². The van der Waals surface area contributed by atoms with E-state index < -0.39 is 23.7 Å². The normalized spacial score (nSPS) is 10.6. The maximum absolute atomic E-state index is 13.1. The van der Waals surface area contributed by atoms with Crippen LogP contribution >= 0.6 is 11.6 Å². The van der Waals surface area contributed by atoms with Crippen LogP contribution in [0.5, 0.6) is 0 Å². The molecule has 9 aromatic rings. The summed E-state index contributed by atoms with van der Waals surface area (Å²) in [6, 6.07) is 27.0. The smallest absolute Gasteiger partial charge is 0.265 e. The highest BCUT2D eigenvalue weighted by molar-refractivity contribution is 6.29. The van der Waals surface area contributed by atoms with Gasteiger partial charge in [-0.3, -0.25) is 19.4 Å². The van der Waals surface area contributed by atoms with Gasteiger partial charge in [0.15, 0.2) is 0 Å². The zero-order chi connectivity index (χ0) is 48.4. The lowest BCUT2D eigenvalue weighted by Gasteiger charge is -2.08. The number of fused-ring (bicyclic) bond motifs is 3. The highest BCUT2D eigenvalue weighted by Crippen LogP contribution is 2.37. The minimum absolute atomic E-state index is 0.371. The van der Waals surface area contributed by atoms with E-state index in [9.17, 15) is 34.6 Å². The van der Waals surface area contributed by atoms with Crippen LogP contribution in [0.25, 0.3) is 66.1 Å². The summed E-state index contributed by atoms with van der Waals surface area (Å²) >= 11 is 5.85. The van der Waals surface area contributed by atoms with Crippen LogP contribution in [0.15, 0.2) is 97.6 Å². The molecule has 9 rings (SSSR count). The fourth-order valence-electron chi connectivity index (χ4n) is 8.38. The minimum Gasteiger partial charge on any atom is -0.364 e. The van der Waals surface area contributed by atoms with Crippen LogP contribution in [0.1, 0.15) is 64.8 Å². The van der Waals surface area contributed by atoms with Gasteiger partial charge >= 0.3 is 0 Å². The molecule has 0 bridgehead atoms. The number of rotatable bonds is 6. The van der Waals surface area contributed by atoms with Gasteiger partial charge in [0.1, 0.15) is 22.2 Å². The van der Waals surface area contributed by atoms with Crippen molar-refractivity contribution in [2.24, 2.45) is 31.3 Å². The van der Waals surface area contributed by atoms with Crippen LogP contribution in [-0.4, -0.2) is 46.8 Å². The van der Waals surface area contributed by atoms with Crippen LogP contribution < -0.4 is 17.2 Å². The molecule has 6 heterocycles. The summed E-state index contributed by atoms with van der Waals surface area (Å²) < 4.78 is 16.5. The number of halogens is 2. The Hall–Kier alpha value is -9.17. The van der Waals surface area contributed by atoms with Crippen molar-refractivity contribution in [2.45, 2.75) is 20.8 Å². The molecule has 0 aliphatic rings. The SMILES string of the molecule is Cc1c(C(N)=O)[nH]c2c(-c3ccncc3)cc(C#N)cc12.Cc1c(C(N)=O)n(C)c2c(-c3ccc(Cl)nc3)cc(C#N)cc12.Cc1c(C(N)=O)n(C)c2c(-c3ccc(F)nc3)cc(C#N)cc12. The number of nitriles is 3. The first-order valence-corrected chi connectivity index (χ1v) is 20.5. The predicted octanol–water partition coefficient (Wildman–Crippen LogP) is 8.34. The van der Waals surface area contributed by atoms with E-state index in [0.717, 1.165) is 66.1 Å². The monoisotopic (exact) mass is 908 g/mol. The van der Waals surface area contributed by atoms with Gasteiger partial charge in [0.05, 0.1) is 51.4 Å². The van der Waals surface area contributed by atoms with E-state index in [4.69, 9.17) is 28.8 Å². The number of benzene rings is 3. The molecule has 0 saturated carbocycles. The lowest BCUT2D eigenvalue weighted by atomic mass is 10.00. The van der Waals surface area contributed by atoms with Gasteiger partial charge in [0.25, 0.3) is 17.7 Å². The first-order chi connectivity index (χ1) is 32.0. The van der Waals surface area contributed by atoms with Gasteiger partial charge in [-0.1, -0.05) is 11.6 Å². The molecule has 0 aliphatic heterocycles. The number of hydrogen-bond acceptors (Lipinski definition) is 9. The van der Waals surface area contributed by atoms with E-state index in [-0.39, 0.29) is 0 Å². The molecular formula is C50H38ClFN12O3. The van der Waals surface area contributed by atoms with E-state index in [1.165, 1.54) is 12.3 Å². The maximum Gasteiger partial charge on any atom is 0.265 e. The molecule has 0 atom stereocenters. The molecule has 7 N–H and O–H groups in total. The molecular weight excluding hydrogens is 871 g/mol. The van der Waals surface area contributed by atoms with Crippen molar-refractivity contribution >= 4 is 62.0 Å². The molecule has 3 amide bonds. The zero-order valence-corrected chi connectivity index (χ0v) is 37.3. The van der Waals surface area contributed by atoms with Crippen molar-refractivity contribution in [3.05, 3.63) is 159 Å². The number of aryl methyl sites for hydroxylation is 5. The van der Waals surface area contributed by atoms with Crippen LogP contribution in [0, 0.1) is 60.7 Å². The molecule has 0 unspecified atom stereocenters. The van der Waals surface area contributed by atoms with Crippen molar-refractivity contribution in [2.75, 3.05) is 0 Å². The van der Waals surface area contributed by atoms with Crippen molar-refractivity contribution in [3.63, 3.8) is 0 Å². The lowest BCUT2D eigenvalue weighted by Crippen LogP contribution is -2.16. The second kappa shape index (κ2) is 18.5. The third-order valence-corrected chi connectivity index (χ3v) is 11.6. The summed E-state index contributed by atoms with van der Waals surface area (Å²) in [6.45, 7) is 5.43. The number of pyridine rings is 3. The number of primary amides is 3. The van der Waals surface area contributed by atoms with Gasteiger partial charge in [-0.05, 0) is 116 Å². The zero-order valence-electron chi connectivity index (χ0n) is 36.5. The Kier molecular flexibility index (Phi) is 12.7. The first-order valence-electron chi connectivity index (χ1n) is 20.2. The quantitative estimate of drug-likeness (QED) is 0.117. The molecule has 6 aromatic heterocycles. The van der Waals surface area contributed by atoms with E-state index >= 15 is 0 Å². The molecule has 0 saturated heterocycles. The second-order valence-electron chi connectivity index (χ2n) is 15.4. The molecule has 0 spiro atoms. The topological polar surface area (TPSA) is 265 Å². The third kappa shape index (κ3) is 8.61. The van der Waals surface area contributed by atoms with Gasteiger partial charge < -0.3 is 31.3 Å². The number of carbonyl (C=O) groups excluding carboxylic acids is 3. The molecule has 17 heteroatoms. The van der Waals surface area contributed by atoms with Crippen LogP contribution in [0.2, 0.25) is 5.15 Å². The number of H-pyrrole nitrogens is 1. The summed E-state index contributed by atoms with van der Waals surface area (Å²) in [6.07, 6.45) is 6.41. The predicted molar refractivity (Wildman–Crippen MR) is 253 cm³/mol. The summed E-state index contributed by atoms with van der Waals surface area (Å²) in [5, 5.41) is 30.6. The Balaban J connectivity index is 0.000000149. The molecule has 330 valence electrons. The fourth-order valence-corrected chi connectivity index (χ4v) is 8.49. The number of amides is 3. The van der Waals surface area contributed by atoms with E-state index in [1.807, 2.05) is 32.0 Å². The molecule has 0 fully saturated rings. The Bertz CT molecular complexity index is 3450. The standard InChI is InChI=1S/C17H13ClN4O.C17H13FN4O.C16H12N4O/c2*1-9-12-5-10(7-19)6-13(11-3-4-14(18)21-8-11)16(12)22(2)15(9)17(20)23;1-9-12-6-10(8-17)7-13(11-2-4-19-5-3-11)15(12)20-14(9)16(18)21/h2*3-6,8H,1-2H3,(H2,20,23);2-7,20H,1H3,(H2,18,21). The number of nitrogens with zero attached hydrogens (tertiary/aromatic N) is 8. The van der Waals surface area contributed by atoms with Gasteiger partial charge in [0, 0.05) is 82.9 Å². The van der Waals surface area contributed by atoms with Crippen molar-refractivity contribution in [3.8, 4) is 51.6 Å². The average molecular weight is 909 g/mol. The molecule has 15 nitrogen and oxygen atoms in total. The van der Waals surface area contributed by atoms with Crippen LogP contribution in [0.3, 0.4) is 0 Å². The Morgan fingerprint density at radius 2 is 1.07 bits per heavy atom.